The van der Waals surface area contributed by atoms with Crippen LogP contribution in [0.5, 0.6) is 0 Å². The summed E-state index contributed by atoms with van der Waals surface area (Å²) in [4.78, 5) is 13.8. The summed E-state index contributed by atoms with van der Waals surface area (Å²) in [6.45, 7) is 4.35. The normalized spacial score (nSPS) is 23.9. The monoisotopic (exact) mass is 319 g/mol. The molecule has 126 valence electrons. The number of benzene rings is 1. The van der Waals surface area contributed by atoms with Crippen LogP contribution in [0.25, 0.3) is 0 Å². The van der Waals surface area contributed by atoms with Crippen molar-refractivity contribution < 1.29 is 13.9 Å². The van der Waals surface area contributed by atoms with E-state index < -0.39 is 0 Å². The van der Waals surface area contributed by atoms with Gasteiger partial charge in [0, 0.05) is 26.1 Å². The van der Waals surface area contributed by atoms with E-state index in [9.17, 15) is 9.18 Å². The molecular weight excluding hydrogens is 293 g/mol. The van der Waals surface area contributed by atoms with Gasteiger partial charge < -0.3 is 9.64 Å². The fourth-order valence-electron chi connectivity index (χ4n) is 3.99. The lowest BCUT2D eigenvalue weighted by atomic mass is 9.77. The highest BCUT2D eigenvalue weighted by molar-refractivity contribution is 5.75. The molecule has 0 radical (unpaired) electrons. The van der Waals surface area contributed by atoms with E-state index in [-0.39, 0.29) is 17.3 Å². The topological polar surface area (TPSA) is 29.5 Å². The summed E-state index contributed by atoms with van der Waals surface area (Å²) in [5.74, 6) is 0.659. The number of halogens is 1. The van der Waals surface area contributed by atoms with Gasteiger partial charge in [0.1, 0.15) is 5.82 Å². The summed E-state index contributed by atoms with van der Waals surface area (Å²) < 4.78 is 19.2. The van der Waals surface area contributed by atoms with Gasteiger partial charge in [-0.15, -0.1) is 0 Å². The molecule has 1 atom stereocenters. The van der Waals surface area contributed by atoms with Crippen LogP contribution in [-0.4, -0.2) is 36.1 Å². The largest absolute Gasteiger partial charge is 0.375 e. The van der Waals surface area contributed by atoms with E-state index in [0.29, 0.717) is 12.3 Å². The predicted octanol–water partition coefficient (Wildman–Crippen LogP) is 3.57. The first kappa shape index (κ1) is 16.4. The van der Waals surface area contributed by atoms with Gasteiger partial charge in [0.05, 0.1) is 5.60 Å². The van der Waals surface area contributed by atoms with Crippen LogP contribution in [0.1, 0.15) is 44.6 Å². The van der Waals surface area contributed by atoms with Gasteiger partial charge in [0.2, 0.25) is 5.91 Å². The Hall–Kier alpha value is -1.42. The molecule has 0 aliphatic carbocycles. The third-order valence-corrected chi connectivity index (χ3v) is 5.36. The van der Waals surface area contributed by atoms with Crippen LogP contribution < -0.4 is 0 Å². The lowest BCUT2D eigenvalue weighted by molar-refractivity contribution is -0.146. The van der Waals surface area contributed by atoms with Gasteiger partial charge in [-0.1, -0.05) is 19.1 Å². The van der Waals surface area contributed by atoms with Crippen molar-refractivity contribution in [3.05, 3.63) is 35.6 Å². The van der Waals surface area contributed by atoms with Crippen molar-refractivity contribution in [1.29, 1.82) is 0 Å². The molecule has 1 aromatic carbocycles. The van der Waals surface area contributed by atoms with Crippen LogP contribution in [0, 0.1) is 11.7 Å². The van der Waals surface area contributed by atoms with Crippen LogP contribution in [0.3, 0.4) is 0 Å². The molecule has 0 bridgehead atoms. The van der Waals surface area contributed by atoms with Gasteiger partial charge in [-0.2, -0.15) is 0 Å². The van der Waals surface area contributed by atoms with Gasteiger partial charge >= 0.3 is 0 Å². The van der Waals surface area contributed by atoms with Gasteiger partial charge in [0.25, 0.3) is 0 Å². The van der Waals surface area contributed by atoms with Crippen LogP contribution in [-0.2, 0) is 16.0 Å². The highest BCUT2D eigenvalue weighted by atomic mass is 19.1. The first-order chi connectivity index (χ1) is 11.1. The van der Waals surface area contributed by atoms with Crippen molar-refractivity contribution in [3.63, 3.8) is 0 Å². The minimum atomic E-state index is -0.176. The van der Waals surface area contributed by atoms with Crippen LogP contribution >= 0.6 is 0 Å². The number of carbonyl (C=O) groups is 1. The van der Waals surface area contributed by atoms with E-state index in [0.717, 1.165) is 51.8 Å². The van der Waals surface area contributed by atoms with Crippen molar-refractivity contribution in [2.45, 2.75) is 51.0 Å². The average molecular weight is 319 g/mol. The van der Waals surface area contributed by atoms with E-state index in [1.807, 2.05) is 24.0 Å². The van der Waals surface area contributed by atoms with Crippen LogP contribution in [0.2, 0.25) is 0 Å². The minimum absolute atomic E-state index is 0.0481. The summed E-state index contributed by atoms with van der Waals surface area (Å²) in [6.07, 6.45) is 5.58. The van der Waals surface area contributed by atoms with Crippen molar-refractivity contribution in [2.75, 3.05) is 19.7 Å². The van der Waals surface area contributed by atoms with E-state index in [1.165, 1.54) is 5.56 Å². The van der Waals surface area contributed by atoms with E-state index in [4.69, 9.17) is 4.74 Å². The summed E-state index contributed by atoms with van der Waals surface area (Å²) in [5, 5.41) is 0. The summed E-state index contributed by atoms with van der Waals surface area (Å²) in [6, 6.07) is 6.86. The maximum atomic E-state index is 13.0. The lowest BCUT2D eigenvalue weighted by Crippen LogP contribution is -2.50. The predicted molar refractivity (Wildman–Crippen MR) is 87.6 cm³/mol. The quantitative estimate of drug-likeness (QED) is 0.852. The molecule has 2 heterocycles. The second kappa shape index (κ2) is 7.00. The third kappa shape index (κ3) is 3.92. The molecule has 3 rings (SSSR count). The summed E-state index contributed by atoms with van der Waals surface area (Å²) in [5.41, 5.74) is 1.15. The molecule has 0 aromatic heterocycles. The fraction of sp³-hybridized carbons (Fsp3) is 0.632. The Morgan fingerprint density at radius 1 is 1.30 bits per heavy atom. The Morgan fingerprint density at radius 2 is 2.00 bits per heavy atom. The lowest BCUT2D eigenvalue weighted by Gasteiger charge is -2.46. The number of ether oxygens (including phenoxy) is 1. The highest BCUT2D eigenvalue weighted by Gasteiger charge is 2.40. The molecule has 1 spiro atoms. The number of piperidine rings is 1. The van der Waals surface area contributed by atoms with Gasteiger partial charge in [-0.3, -0.25) is 4.79 Å². The zero-order chi connectivity index (χ0) is 16.3. The molecule has 1 amide bonds. The van der Waals surface area contributed by atoms with E-state index >= 15 is 0 Å². The molecule has 2 fully saturated rings. The van der Waals surface area contributed by atoms with E-state index in [1.54, 1.807) is 12.1 Å². The number of hydrogen-bond acceptors (Lipinski definition) is 2. The number of amides is 1. The minimum Gasteiger partial charge on any atom is -0.375 e. The van der Waals surface area contributed by atoms with Gasteiger partial charge in [0.15, 0.2) is 0 Å². The molecular formula is C19H26FNO2. The number of likely N-dealkylation sites (tertiary alicyclic amines) is 1. The first-order valence-corrected chi connectivity index (χ1v) is 8.76. The Balaban J connectivity index is 1.58. The Labute approximate surface area is 137 Å². The van der Waals surface area contributed by atoms with Gasteiger partial charge in [-0.25, -0.2) is 4.39 Å². The van der Waals surface area contributed by atoms with Crippen molar-refractivity contribution in [3.8, 4) is 0 Å². The molecule has 3 nitrogen and oxygen atoms in total. The number of hydrogen-bond donors (Lipinski definition) is 0. The molecule has 2 aliphatic heterocycles. The summed E-state index contributed by atoms with van der Waals surface area (Å²) >= 11 is 0. The standard InChI is InChI=1S/C19H26FNO2/c1-2-18(22)21-10-8-19(9-11-21)14-16(7-12-23-19)13-15-3-5-17(20)6-4-15/h3-6,16H,2,7-14H2,1H3. The first-order valence-electron chi connectivity index (χ1n) is 8.76. The van der Waals surface area contributed by atoms with Crippen LogP contribution in [0.15, 0.2) is 24.3 Å². The van der Waals surface area contributed by atoms with Gasteiger partial charge in [-0.05, 0) is 55.7 Å². The number of rotatable bonds is 3. The maximum absolute atomic E-state index is 13.0. The zero-order valence-electron chi connectivity index (χ0n) is 13.9. The molecule has 2 saturated heterocycles. The fourth-order valence-corrected chi connectivity index (χ4v) is 3.99. The number of carbonyl (C=O) groups excluding carboxylic acids is 1. The van der Waals surface area contributed by atoms with Crippen molar-refractivity contribution in [2.24, 2.45) is 5.92 Å². The Bertz CT molecular complexity index is 535. The average Bonchev–Trinajstić information content (AvgIpc) is 2.57. The Kier molecular flexibility index (Phi) is 5.00. The second-order valence-corrected chi connectivity index (χ2v) is 6.96. The molecule has 4 heteroatoms. The summed E-state index contributed by atoms with van der Waals surface area (Å²) in [7, 11) is 0. The highest BCUT2D eigenvalue weighted by Crippen LogP contribution is 2.38. The molecule has 1 unspecified atom stereocenters. The molecule has 23 heavy (non-hydrogen) atoms. The smallest absolute Gasteiger partial charge is 0.222 e. The Morgan fingerprint density at radius 3 is 2.65 bits per heavy atom. The maximum Gasteiger partial charge on any atom is 0.222 e. The van der Waals surface area contributed by atoms with Crippen LogP contribution in [0.4, 0.5) is 4.39 Å². The molecule has 1 aromatic rings. The molecule has 0 saturated carbocycles. The van der Waals surface area contributed by atoms with Crippen molar-refractivity contribution >= 4 is 5.91 Å². The number of nitrogens with zero attached hydrogens (tertiary/aromatic N) is 1. The van der Waals surface area contributed by atoms with Crippen molar-refractivity contribution in [1.82, 2.24) is 4.90 Å². The zero-order valence-corrected chi connectivity index (χ0v) is 13.9. The SMILES string of the molecule is CCC(=O)N1CCC2(CC1)CC(Cc1ccc(F)cc1)CCO2. The van der Waals surface area contributed by atoms with E-state index in [2.05, 4.69) is 0 Å². The second-order valence-electron chi connectivity index (χ2n) is 6.96. The molecule has 0 N–H and O–H groups in total. The molecule has 2 aliphatic rings. The third-order valence-electron chi connectivity index (χ3n) is 5.36.